The van der Waals surface area contributed by atoms with Crippen LogP contribution in [0.15, 0.2) is 48.9 Å². The number of nitrogens with zero attached hydrogens (tertiary/aromatic N) is 4. The average Bonchev–Trinajstić information content (AvgIpc) is 2.80. The van der Waals surface area contributed by atoms with E-state index in [-0.39, 0.29) is 17.7 Å². The second-order valence-corrected chi connectivity index (χ2v) is 8.14. The molecule has 6 nitrogen and oxygen atoms in total. The van der Waals surface area contributed by atoms with Crippen LogP contribution in [0.1, 0.15) is 41.7 Å². The van der Waals surface area contributed by atoms with Crippen LogP contribution in [0.4, 0.5) is 0 Å². The molecule has 4 rings (SSSR count). The summed E-state index contributed by atoms with van der Waals surface area (Å²) in [6.07, 6.45) is 9.48. The number of likely N-dealkylation sites (tertiary alicyclic amines) is 2. The summed E-state index contributed by atoms with van der Waals surface area (Å²) in [6, 6.07) is 10.6. The average molecular weight is 393 g/mol. The van der Waals surface area contributed by atoms with Crippen molar-refractivity contribution in [2.45, 2.75) is 32.1 Å². The number of rotatable bonds is 4. The minimum atomic E-state index is -0.128. The maximum absolute atomic E-state index is 13.1. The van der Waals surface area contributed by atoms with Gasteiger partial charge in [-0.1, -0.05) is 30.3 Å². The highest BCUT2D eigenvalue weighted by Gasteiger charge is 2.33. The molecule has 0 unspecified atom stereocenters. The van der Waals surface area contributed by atoms with Gasteiger partial charge >= 0.3 is 0 Å². The van der Waals surface area contributed by atoms with Gasteiger partial charge in [0.05, 0.1) is 12.1 Å². The first-order chi connectivity index (χ1) is 14.2. The Balaban J connectivity index is 1.30. The number of carbonyl (C=O) groups excluding carboxylic acids is 2. The number of piperidine rings is 2. The molecule has 2 aromatic rings. The summed E-state index contributed by atoms with van der Waals surface area (Å²) in [5.41, 5.74) is 1.73. The standard InChI is InChI=1S/C23H28N4O2/c28-22(26-13-8-19(9-14-26)15-18-5-2-1-3-6-18)20-7-4-12-27(17-20)23(29)21-16-24-10-11-25-21/h1-3,5-6,10-11,16,19-20H,4,7-9,12-15,17H2/t20-/m0/s1. The molecule has 2 aliphatic rings. The molecule has 2 aliphatic heterocycles. The van der Waals surface area contributed by atoms with Gasteiger partial charge in [-0.2, -0.15) is 0 Å². The molecule has 1 aromatic heterocycles. The highest BCUT2D eigenvalue weighted by molar-refractivity contribution is 5.92. The summed E-state index contributed by atoms with van der Waals surface area (Å²) < 4.78 is 0. The fourth-order valence-electron chi connectivity index (χ4n) is 4.50. The summed E-state index contributed by atoms with van der Waals surface area (Å²) in [7, 11) is 0. The maximum Gasteiger partial charge on any atom is 0.274 e. The van der Waals surface area contributed by atoms with E-state index in [1.807, 2.05) is 11.0 Å². The number of benzene rings is 1. The van der Waals surface area contributed by atoms with Gasteiger partial charge in [0.25, 0.3) is 5.91 Å². The van der Waals surface area contributed by atoms with E-state index >= 15 is 0 Å². The molecule has 0 spiro atoms. The van der Waals surface area contributed by atoms with Crippen molar-refractivity contribution in [3.63, 3.8) is 0 Å². The molecule has 3 heterocycles. The maximum atomic E-state index is 13.1. The van der Waals surface area contributed by atoms with E-state index in [2.05, 4.69) is 34.2 Å². The van der Waals surface area contributed by atoms with Crippen LogP contribution in [0.3, 0.4) is 0 Å². The molecule has 0 saturated carbocycles. The van der Waals surface area contributed by atoms with Crippen molar-refractivity contribution in [2.24, 2.45) is 11.8 Å². The van der Waals surface area contributed by atoms with Crippen LogP contribution in [-0.4, -0.2) is 57.8 Å². The first-order valence-corrected chi connectivity index (χ1v) is 10.6. The predicted molar refractivity (Wildman–Crippen MR) is 110 cm³/mol. The van der Waals surface area contributed by atoms with Crippen molar-refractivity contribution in [1.82, 2.24) is 19.8 Å². The van der Waals surface area contributed by atoms with Gasteiger partial charge in [0, 0.05) is 38.6 Å². The van der Waals surface area contributed by atoms with Crippen LogP contribution >= 0.6 is 0 Å². The van der Waals surface area contributed by atoms with Gasteiger partial charge in [0.1, 0.15) is 5.69 Å². The largest absolute Gasteiger partial charge is 0.342 e. The van der Waals surface area contributed by atoms with Crippen LogP contribution in [0.5, 0.6) is 0 Å². The zero-order valence-electron chi connectivity index (χ0n) is 16.7. The van der Waals surface area contributed by atoms with E-state index in [1.54, 1.807) is 11.1 Å². The number of hydrogen-bond donors (Lipinski definition) is 0. The molecule has 0 bridgehead atoms. The topological polar surface area (TPSA) is 66.4 Å². The molecule has 1 aromatic carbocycles. The van der Waals surface area contributed by atoms with Gasteiger partial charge in [-0.15, -0.1) is 0 Å². The Bertz CT molecular complexity index is 819. The van der Waals surface area contributed by atoms with Crippen molar-refractivity contribution >= 4 is 11.8 Å². The Morgan fingerprint density at radius 3 is 2.48 bits per heavy atom. The zero-order chi connectivity index (χ0) is 20.1. The van der Waals surface area contributed by atoms with Crippen LogP contribution < -0.4 is 0 Å². The molecular formula is C23H28N4O2. The highest BCUT2D eigenvalue weighted by Crippen LogP contribution is 2.25. The lowest BCUT2D eigenvalue weighted by Crippen LogP contribution is -2.48. The van der Waals surface area contributed by atoms with Crippen molar-refractivity contribution < 1.29 is 9.59 Å². The number of carbonyl (C=O) groups is 2. The van der Waals surface area contributed by atoms with E-state index in [4.69, 9.17) is 0 Å². The smallest absolute Gasteiger partial charge is 0.274 e. The van der Waals surface area contributed by atoms with Crippen molar-refractivity contribution in [3.8, 4) is 0 Å². The van der Waals surface area contributed by atoms with Gasteiger partial charge in [-0.05, 0) is 43.6 Å². The summed E-state index contributed by atoms with van der Waals surface area (Å²) in [6.45, 7) is 2.81. The predicted octanol–water partition coefficient (Wildman–Crippen LogP) is 2.81. The molecule has 2 amide bonds. The number of amides is 2. The van der Waals surface area contributed by atoms with Crippen LogP contribution in [0.2, 0.25) is 0 Å². The molecule has 0 aliphatic carbocycles. The van der Waals surface area contributed by atoms with Gasteiger partial charge in [-0.25, -0.2) is 4.98 Å². The van der Waals surface area contributed by atoms with Gasteiger partial charge in [0.2, 0.25) is 5.91 Å². The van der Waals surface area contributed by atoms with Crippen molar-refractivity contribution in [1.29, 1.82) is 0 Å². The normalized spacial score (nSPS) is 20.5. The minimum absolute atomic E-state index is 0.102. The summed E-state index contributed by atoms with van der Waals surface area (Å²) >= 11 is 0. The first kappa shape index (κ1) is 19.6. The first-order valence-electron chi connectivity index (χ1n) is 10.6. The second kappa shape index (κ2) is 9.16. The number of aromatic nitrogens is 2. The lowest BCUT2D eigenvalue weighted by Gasteiger charge is -2.37. The summed E-state index contributed by atoms with van der Waals surface area (Å²) in [5.74, 6) is 0.620. The fourth-order valence-corrected chi connectivity index (χ4v) is 4.50. The summed E-state index contributed by atoms with van der Waals surface area (Å²) in [5, 5.41) is 0. The molecule has 29 heavy (non-hydrogen) atoms. The Morgan fingerprint density at radius 2 is 1.76 bits per heavy atom. The Kier molecular flexibility index (Phi) is 6.17. The third-order valence-electron chi connectivity index (χ3n) is 6.13. The lowest BCUT2D eigenvalue weighted by atomic mass is 9.89. The quantitative estimate of drug-likeness (QED) is 0.803. The van der Waals surface area contributed by atoms with Crippen LogP contribution in [0, 0.1) is 11.8 Å². The van der Waals surface area contributed by atoms with E-state index in [1.165, 1.54) is 18.0 Å². The van der Waals surface area contributed by atoms with Crippen molar-refractivity contribution in [3.05, 3.63) is 60.2 Å². The molecule has 2 fully saturated rings. The van der Waals surface area contributed by atoms with Crippen LogP contribution in [0.25, 0.3) is 0 Å². The monoisotopic (exact) mass is 392 g/mol. The fraction of sp³-hybridized carbons (Fsp3) is 0.478. The van der Waals surface area contributed by atoms with E-state index in [0.717, 1.165) is 45.2 Å². The third-order valence-corrected chi connectivity index (χ3v) is 6.13. The van der Waals surface area contributed by atoms with E-state index < -0.39 is 0 Å². The van der Waals surface area contributed by atoms with Crippen LogP contribution in [-0.2, 0) is 11.2 Å². The van der Waals surface area contributed by atoms with E-state index in [0.29, 0.717) is 24.7 Å². The molecule has 1 atom stereocenters. The van der Waals surface area contributed by atoms with Gasteiger partial charge in [-0.3, -0.25) is 14.6 Å². The SMILES string of the molecule is O=C(c1cnccn1)N1CCC[C@H](C(=O)N2CCC(Cc3ccccc3)CC2)C1. The molecule has 152 valence electrons. The molecule has 2 saturated heterocycles. The van der Waals surface area contributed by atoms with Gasteiger partial charge in [0.15, 0.2) is 0 Å². The summed E-state index contributed by atoms with van der Waals surface area (Å²) in [4.78, 5) is 37.6. The lowest BCUT2D eigenvalue weighted by molar-refractivity contribution is -0.138. The Hall–Kier alpha value is -2.76. The molecule has 0 N–H and O–H groups in total. The molecule has 0 radical (unpaired) electrons. The number of hydrogen-bond acceptors (Lipinski definition) is 4. The Labute approximate surface area is 172 Å². The second-order valence-electron chi connectivity index (χ2n) is 8.14. The molecular weight excluding hydrogens is 364 g/mol. The van der Waals surface area contributed by atoms with Crippen molar-refractivity contribution in [2.75, 3.05) is 26.2 Å². The highest BCUT2D eigenvalue weighted by atomic mass is 16.2. The molecule has 6 heteroatoms. The minimum Gasteiger partial charge on any atom is -0.342 e. The Morgan fingerprint density at radius 1 is 0.966 bits per heavy atom. The van der Waals surface area contributed by atoms with E-state index in [9.17, 15) is 9.59 Å². The third kappa shape index (κ3) is 4.81. The van der Waals surface area contributed by atoms with Gasteiger partial charge < -0.3 is 9.80 Å². The zero-order valence-corrected chi connectivity index (χ0v) is 16.7.